The summed E-state index contributed by atoms with van der Waals surface area (Å²) < 4.78 is 79.9. The lowest BCUT2D eigenvalue weighted by Crippen LogP contribution is -2.15. The first-order chi connectivity index (χ1) is 13.6. The summed E-state index contributed by atoms with van der Waals surface area (Å²) in [6, 6.07) is 6.66. The molecule has 2 heterocycles. The van der Waals surface area contributed by atoms with Crippen LogP contribution in [0.1, 0.15) is 65.6 Å². The number of H-pyrrole nitrogens is 1. The van der Waals surface area contributed by atoms with Gasteiger partial charge in [0, 0.05) is 27.4 Å². The number of hydrogen-bond donors (Lipinski definition) is 1. The molecule has 2 aromatic heterocycles. The standard InChI is InChI=1S/C21H19F6NS/c22-20(23,24)11-15(17-6-3-9-29-17)18-14-8-7-13(21(25,26)27)10-16(14)28-19(18)12-4-1-2-5-12/h3,6-10,12,15,28H,1-2,4-5,11H2/t15-/m1/s1. The molecule has 0 saturated heterocycles. The SMILES string of the molecule is FC(F)(F)C[C@H](c1cccs1)c1c(C2CCCC2)[nH]c2cc(C(F)(F)F)ccc12. The van der Waals surface area contributed by atoms with E-state index < -0.39 is 30.3 Å². The molecule has 0 radical (unpaired) electrons. The van der Waals surface area contributed by atoms with Gasteiger partial charge in [0.2, 0.25) is 0 Å². The minimum absolute atomic E-state index is 0.0439. The van der Waals surface area contributed by atoms with Gasteiger partial charge in [-0.1, -0.05) is 25.0 Å². The van der Waals surface area contributed by atoms with Crippen molar-refractivity contribution in [2.24, 2.45) is 0 Å². The molecule has 29 heavy (non-hydrogen) atoms. The lowest BCUT2D eigenvalue weighted by Gasteiger charge is -2.21. The lowest BCUT2D eigenvalue weighted by molar-refractivity contribution is -0.138. The van der Waals surface area contributed by atoms with Crippen LogP contribution in [0.3, 0.4) is 0 Å². The second-order valence-corrected chi connectivity index (χ2v) is 8.56. The van der Waals surface area contributed by atoms with E-state index in [1.54, 1.807) is 17.5 Å². The monoisotopic (exact) mass is 431 g/mol. The Hall–Kier alpha value is -1.96. The van der Waals surface area contributed by atoms with Gasteiger partial charge in [-0.15, -0.1) is 11.3 Å². The zero-order valence-corrected chi connectivity index (χ0v) is 16.1. The van der Waals surface area contributed by atoms with Gasteiger partial charge < -0.3 is 4.98 Å². The first-order valence-corrected chi connectivity index (χ1v) is 10.3. The van der Waals surface area contributed by atoms with E-state index >= 15 is 0 Å². The van der Waals surface area contributed by atoms with Crippen LogP contribution >= 0.6 is 11.3 Å². The highest BCUT2D eigenvalue weighted by atomic mass is 32.1. The van der Waals surface area contributed by atoms with E-state index in [9.17, 15) is 26.3 Å². The number of aromatic nitrogens is 1. The average Bonchev–Trinajstić information content (AvgIpc) is 3.37. The van der Waals surface area contributed by atoms with E-state index in [-0.39, 0.29) is 11.4 Å². The number of aromatic amines is 1. The molecule has 1 N–H and O–H groups in total. The van der Waals surface area contributed by atoms with E-state index in [2.05, 4.69) is 4.98 Å². The van der Waals surface area contributed by atoms with Crippen LogP contribution in [-0.4, -0.2) is 11.2 Å². The van der Waals surface area contributed by atoms with Crippen LogP contribution in [0.25, 0.3) is 10.9 Å². The average molecular weight is 431 g/mol. The third-order valence-corrected chi connectivity index (χ3v) is 6.62. The van der Waals surface area contributed by atoms with Crippen molar-refractivity contribution in [1.29, 1.82) is 0 Å². The number of alkyl halides is 6. The summed E-state index contributed by atoms with van der Waals surface area (Å²) in [6.07, 6.45) is -6.35. The van der Waals surface area contributed by atoms with Crippen molar-refractivity contribution in [3.05, 3.63) is 57.4 Å². The molecule has 0 spiro atoms. The number of benzene rings is 1. The molecule has 1 aromatic carbocycles. The maximum absolute atomic E-state index is 13.5. The van der Waals surface area contributed by atoms with Crippen LogP contribution in [-0.2, 0) is 6.18 Å². The number of nitrogens with one attached hydrogen (secondary N) is 1. The predicted molar refractivity (Wildman–Crippen MR) is 101 cm³/mol. The molecule has 0 aliphatic heterocycles. The van der Waals surface area contributed by atoms with E-state index in [1.165, 1.54) is 17.4 Å². The van der Waals surface area contributed by atoms with Gasteiger partial charge in [0.1, 0.15) is 0 Å². The molecular weight excluding hydrogens is 412 g/mol. The summed E-state index contributed by atoms with van der Waals surface area (Å²) in [5, 5.41) is 2.17. The molecule has 156 valence electrons. The van der Waals surface area contributed by atoms with Gasteiger partial charge in [-0.05, 0) is 47.9 Å². The van der Waals surface area contributed by atoms with Crippen molar-refractivity contribution in [2.75, 3.05) is 0 Å². The normalized spacial score (nSPS) is 17.3. The number of halogens is 6. The fourth-order valence-electron chi connectivity index (χ4n) is 4.39. The molecule has 0 unspecified atom stereocenters. The van der Waals surface area contributed by atoms with Crippen molar-refractivity contribution in [1.82, 2.24) is 4.98 Å². The van der Waals surface area contributed by atoms with Crippen molar-refractivity contribution in [3.8, 4) is 0 Å². The Bertz CT molecular complexity index is 977. The molecule has 8 heteroatoms. The molecule has 1 nitrogen and oxygen atoms in total. The smallest absolute Gasteiger partial charge is 0.358 e. The largest absolute Gasteiger partial charge is 0.416 e. The van der Waals surface area contributed by atoms with Gasteiger partial charge in [0.15, 0.2) is 0 Å². The van der Waals surface area contributed by atoms with Gasteiger partial charge in [0.25, 0.3) is 0 Å². The number of thiophene rings is 1. The lowest BCUT2D eigenvalue weighted by atomic mass is 9.87. The van der Waals surface area contributed by atoms with Gasteiger partial charge in [0.05, 0.1) is 12.0 Å². The quantitative estimate of drug-likeness (QED) is 0.403. The Morgan fingerprint density at radius 1 is 1.03 bits per heavy atom. The van der Waals surface area contributed by atoms with Crippen LogP contribution < -0.4 is 0 Å². The van der Waals surface area contributed by atoms with Gasteiger partial charge in [-0.25, -0.2) is 0 Å². The minimum atomic E-state index is -4.51. The molecule has 0 bridgehead atoms. The highest BCUT2D eigenvalue weighted by Crippen LogP contribution is 2.47. The Kier molecular flexibility index (Phi) is 5.17. The third kappa shape index (κ3) is 4.17. The molecule has 1 aliphatic rings. The maximum Gasteiger partial charge on any atom is 0.416 e. The predicted octanol–water partition coefficient (Wildman–Crippen LogP) is 7.99. The summed E-state index contributed by atoms with van der Waals surface area (Å²) in [5.74, 6) is -0.890. The van der Waals surface area contributed by atoms with Crippen LogP contribution in [0.5, 0.6) is 0 Å². The fourth-order valence-corrected chi connectivity index (χ4v) is 5.23. The topological polar surface area (TPSA) is 15.8 Å². The zero-order chi connectivity index (χ0) is 20.8. The van der Waals surface area contributed by atoms with E-state index in [1.807, 2.05) is 0 Å². The molecule has 0 amide bonds. The first kappa shape index (κ1) is 20.3. The summed E-state index contributed by atoms with van der Waals surface area (Å²) in [6.45, 7) is 0. The Balaban J connectivity index is 1.92. The Labute approximate surface area is 167 Å². The molecule has 1 atom stereocenters. The molecular formula is C21H19F6NS. The van der Waals surface area contributed by atoms with Crippen LogP contribution in [0, 0.1) is 0 Å². The Morgan fingerprint density at radius 2 is 1.76 bits per heavy atom. The number of fused-ring (bicyclic) bond motifs is 1. The van der Waals surface area contributed by atoms with E-state index in [0.29, 0.717) is 21.5 Å². The van der Waals surface area contributed by atoms with Crippen LogP contribution in [0.15, 0.2) is 35.7 Å². The molecule has 1 fully saturated rings. The summed E-state index contributed by atoms with van der Waals surface area (Å²) in [4.78, 5) is 3.66. The van der Waals surface area contributed by atoms with Crippen molar-refractivity contribution < 1.29 is 26.3 Å². The number of hydrogen-bond acceptors (Lipinski definition) is 1. The Morgan fingerprint density at radius 3 is 2.34 bits per heavy atom. The summed E-state index contributed by atoms with van der Waals surface area (Å²) in [5.41, 5.74) is 0.611. The van der Waals surface area contributed by atoms with Crippen LogP contribution in [0.2, 0.25) is 0 Å². The van der Waals surface area contributed by atoms with Gasteiger partial charge in [-0.3, -0.25) is 0 Å². The second kappa shape index (κ2) is 7.38. The third-order valence-electron chi connectivity index (χ3n) is 5.63. The second-order valence-electron chi connectivity index (χ2n) is 7.58. The van der Waals surface area contributed by atoms with Gasteiger partial charge in [-0.2, -0.15) is 26.3 Å². The zero-order valence-electron chi connectivity index (χ0n) is 15.3. The maximum atomic E-state index is 13.5. The van der Waals surface area contributed by atoms with Crippen molar-refractivity contribution in [2.45, 2.75) is 56.3 Å². The molecule has 4 rings (SSSR count). The highest BCUT2D eigenvalue weighted by Gasteiger charge is 2.38. The van der Waals surface area contributed by atoms with Gasteiger partial charge >= 0.3 is 12.4 Å². The first-order valence-electron chi connectivity index (χ1n) is 9.46. The summed E-state index contributed by atoms with van der Waals surface area (Å²) in [7, 11) is 0. The van der Waals surface area contributed by atoms with Crippen molar-refractivity contribution >= 4 is 22.2 Å². The summed E-state index contributed by atoms with van der Waals surface area (Å²) >= 11 is 1.24. The van der Waals surface area contributed by atoms with Crippen LogP contribution in [0.4, 0.5) is 26.3 Å². The highest BCUT2D eigenvalue weighted by molar-refractivity contribution is 7.10. The molecule has 1 saturated carbocycles. The fraction of sp³-hybridized carbons (Fsp3) is 0.429. The van der Waals surface area contributed by atoms with E-state index in [0.717, 1.165) is 37.8 Å². The van der Waals surface area contributed by atoms with E-state index in [4.69, 9.17) is 0 Å². The van der Waals surface area contributed by atoms with Crippen molar-refractivity contribution in [3.63, 3.8) is 0 Å². The minimum Gasteiger partial charge on any atom is -0.358 e. The molecule has 3 aromatic rings. The molecule has 1 aliphatic carbocycles. The number of rotatable bonds is 4.